The minimum Gasteiger partial charge on any atom is -0.492 e. The van der Waals surface area contributed by atoms with Gasteiger partial charge in [0.1, 0.15) is 5.75 Å². The molecule has 17 heavy (non-hydrogen) atoms. The van der Waals surface area contributed by atoms with Crippen LogP contribution in [0.2, 0.25) is 5.02 Å². The molecule has 3 heteroatoms. The van der Waals surface area contributed by atoms with E-state index in [2.05, 4.69) is 26.1 Å². The predicted molar refractivity (Wildman–Crippen MR) is 75.2 cm³/mol. The average molecular weight is 256 g/mol. The van der Waals surface area contributed by atoms with Crippen molar-refractivity contribution in [2.45, 2.75) is 40.2 Å². The van der Waals surface area contributed by atoms with Crippen molar-refractivity contribution in [2.24, 2.45) is 5.92 Å². The topological polar surface area (TPSA) is 21.3 Å². The van der Waals surface area contributed by atoms with Crippen LogP contribution < -0.4 is 10.1 Å². The SMILES string of the molecule is CCOc1ccc(NC(CC)C(C)C)cc1Cl. The normalized spacial score (nSPS) is 12.6. The molecule has 2 nitrogen and oxygen atoms in total. The molecule has 0 radical (unpaired) electrons. The van der Waals surface area contributed by atoms with Gasteiger partial charge in [0.2, 0.25) is 0 Å². The van der Waals surface area contributed by atoms with E-state index in [4.69, 9.17) is 16.3 Å². The van der Waals surface area contributed by atoms with Gasteiger partial charge in [0.05, 0.1) is 11.6 Å². The first-order chi connectivity index (χ1) is 8.08. The van der Waals surface area contributed by atoms with E-state index in [-0.39, 0.29) is 0 Å². The van der Waals surface area contributed by atoms with Crippen LogP contribution in [0.25, 0.3) is 0 Å². The van der Waals surface area contributed by atoms with E-state index >= 15 is 0 Å². The molecule has 0 saturated heterocycles. The molecule has 0 aliphatic carbocycles. The number of hydrogen-bond acceptors (Lipinski definition) is 2. The Kier molecular flexibility index (Phi) is 5.63. The summed E-state index contributed by atoms with van der Waals surface area (Å²) in [5.41, 5.74) is 1.05. The average Bonchev–Trinajstić information content (AvgIpc) is 2.29. The summed E-state index contributed by atoms with van der Waals surface area (Å²) in [6.45, 7) is 9.22. The summed E-state index contributed by atoms with van der Waals surface area (Å²) < 4.78 is 5.41. The molecule has 0 fully saturated rings. The molecule has 1 unspecified atom stereocenters. The van der Waals surface area contributed by atoms with Gasteiger partial charge in [0.25, 0.3) is 0 Å². The van der Waals surface area contributed by atoms with Crippen molar-refractivity contribution in [1.82, 2.24) is 0 Å². The molecule has 1 rings (SSSR count). The summed E-state index contributed by atoms with van der Waals surface area (Å²) in [7, 11) is 0. The van der Waals surface area contributed by atoms with Crippen molar-refractivity contribution >= 4 is 17.3 Å². The lowest BCUT2D eigenvalue weighted by Gasteiger charge is -2.22. The Hall–Kier alpha value is -0.890. The monoisotopic (exact) mass is 255 g/mol. The summed E-state index contributed by atoms with van der Waals surface area (Å²) in [5, 5.41) is 4.16. The maximum Gasteiger partial charge on any atom is 0.138 e. The third-order valence-corrected chi connectivity index (χ3v) is 3.12. The Morgan fingerprint density at radius 1 is 1.29 bits per heavy atom. The zero-order valence-electron chi connectivity index (χ0n) is 11.1. The minimum atomic E-state index is 0.476. The predicted octanol–water partition coefficient (Wildman–Crippen LogP) is 4.59. The molecular formula is C14H22ClNO. The van der Waals surface area contributed by atoms with E-state index in [1.807, 2.05) is 25.1 Å². The van der Waals surface area contributed by atoms with Crippen LogP contribution in [0.4, 0.5) is 5.69 Å². The molecular weight excluding hydrogens is 234 g/mol. The van der Waals surface area contributed by atoms with Crippen LogP contribution in [-0.2, 0) is 0 Å². The first-order valence-corrected chi connectivity index (χ1v) is 6.65. The molecule has 0 aliphatic rings. The fourth-order valence-electron chi connectivity index (χ4n) is 1.82. The second-order valence-electron chi connectivity index (χ2n) is 4.48. The maximum atomic E-state index is 6.15. The van der Waals surface area contributed by atoms with Crippen LogP contribution >= 0.6 is 11.6 Å². The van der Waals surface area contributed by atoms with Crippen LogP contribution in [-0.4, -0.2) is 12.6 Å². The first-order valence-electron chi connectivity index (χ1n) is 6.27. The summed E-state index contributed by atoms with van der Waals surface area (Å²) in [5.74, 6) is 1.35. The first kappa shape index (κ1) is 14.2. The van der Waals surface area contributed by atoms with Gasteiger partial charge in [-0.05, 0) is 37.5 Å². The van der Waals surface area contributed by atoms with Crippen molar-refractivity contribution < 1.29 is 4.74 Å². The van der Waals surface area contributed by atoms with Crippen LogP contribution in [0.3, 0.4) is 0 Å². The molecule has 96 valence electrons. The quantitative estimate of drug-likeness (QED) is 0.803. The van der Waals surface area contributed by atoms with Crippen LogP contribution in [0.5, 0.6) is 5.75 Å². The highest BCUT2D eigenvalue weighted by Gasteiger charge is 2.11. The number of anilines is 1. The molecule has 1 N–H and O–H groups in total. The van der Waals surface area contributed by atoms with E-state index < -0.39 is 0 Å². The van der Waals surface area contributed by atoms with Crippen molar-refractivity contribution in [3.05, 3.63) is 23.2 Å². The lowest BCUT2D eigenvalue weighted by Crippen LogP contribution is -2.24. The van der Waals surface area contributed by atoms with Gasteiger partial charge in [-0.3, -0.25) is 0 Å². The molecule has 1 aromatic carbocycles. The molecule has 0 spiro atoms. The van der Waals surface area contributed by atoms with Crippen molar-refractivity contribution in [3.63, 3.8) is 0 Å². The standard InChI is InChI=1S/C14H22ClNO/c1-5-13(10(3)4)16-11-7-8-14(17-6-2)12(15)9-11/h7-10,13,16H,5-6H2,1-4H3. The third kappa shape index (κ3) is 4.12. The molecule has 0 amide bonds. The highest BCUT2D eigenvalue weighted by atomic mass is 35.5. The number of nitrogens with one attached hydrogen (secondary N) is 1. The van der Waals surface area contributed by atoms with Gasteiger partial charge in [-0.2, -0.15) is 0 Å². The summed E-state index contributed by atoms with van der Waals surface area (Å²) in [4.78, 5) is 0. The number of ether oxygens (including phenoxy) is 1. The Labute approximate surface area is 109 Å². The largest absolute Gasteiger partial charge is 0.492 e. The van der Waals surface area contributed by atoms with Crippen molar-refractivity contribution in [3.8, 4) is 5.75 Å². The Morgan fingerprint density at radius 2 is 2.00 bits per heavy atom. The number of halogens is 1. The fourth-order valence-corrected chi connectivity index (χ4v) is 2.05. The van der Waals surface area contributed by atoms with Crippen LogP contribution in [0.1, 0.15) is 34.1 Å². The zero-order valence-corrected chi connectivity index (χ0v) is 11.8. The van der Waals surface area contributed by atoms with E-state index in [9.17, 15) is 0 Å². The molecule has 1 atom stereocenters. The Morgan fingerprint density at radius 3 is 2.47 bits per heavy atom. The lowest BCUT2D eigenvalue weighted by atomic mass is 10.0. The van der Waals surface area contributed by atoms with Crippen molar-refractivity contribution in [1.29, 1.82) is 0 Å². The number of rotatable bonds is 6. The highest BCUT2D eigenvalue weighted by molar-refractivity contribution is 6.32. The Bertz CT molecular complexity index is 352. The van der Waals surface area contributed by atoms with Gasteiger partial charge in [-0.25, -0.2) is 0 Å². The van der Waals surface area contributed by atoms with Gasteiger partial charge >= 0.3 is 0 Å². The Balaban J connectivity index is 2.76. The van der Waals surface area contributed by atoms with Gasteiger partial charge in [0.15, 0.2) is 0 Å². The molecule has 0 saturated carbocycles. The second-order valence-corrected chi connectivity index (χ2v) is 4.89. The number of hydrogen-bond donors (Lipinski definition) is 1. The second kappa shape index (κ2) is 6.75. The molecule has 1 aromatic rings. The fraction of sp³-hybridized carbons (Fsp3) is 0.571. The van der Waals surface area contributed by atoms with Gasteiger partial charge < -0.3 is 10.1 Å². The molecule has 0 aromatic heterocycles. The minimum absolute atomic E-state index is 0.476. The van der Waals surface area contributed by atoms with Crippen LogP contribution in [0, 0.1) is 5.92 Å². The number of benzene rings is 1. The van der Waals surface area contributed by atoms with E-state index in [1.54, 1.807) is 0 Å². The summed E-state index contributed by atoms with van der Waals surface area (Å²) in [6.07, 6.45) is 1.10. The third-order valence-electron chi connectivity index (χ3n) is 2.83. The van der Waals surface area contributed by atoms with E-state index in [0.717, 1.165) is 17.9 Å². The van der Waals surface area contributed by atoms with Gasteiger partial charge in [-0.1, -0.05) is 32.4 Å². The summed E-state index contributed by atoms with van der Waals surface area (Å²) >= 11 is 6.15. The highest BCUT2D eigenvalue weighted by Crippen LogP contribution is 2.28. The molecule has 0 heterocycles. The summed E-state index contributed by atoms with van der Waals surface area (Å²) in [6, 6.07) is 6.34. The van der Waals surface area contributed by atoms with E-state index in [0.29, 0.717) is 23.6 Å². The van der Waals surface area contributed by atoms with Crippen LogP contribution in [0.15, 0.2) is 18.2 Å². The van der Waals surface area contributed by atoms with Gasteiger partial charge in [0, 0.05) is 11.7 Å². The van der Waals surface area contributed by atoms with E-state index in [1.165, 1.54) is 0 Å². The maximum absolute atomic E-state index is 6.15. The van der Waals surface area contributed by atoms with Crippen molar-refractivity contribution in [2.75, 3.05) is 11.9 Å². The smallest absolute Gasteiger partial charge is 0.138 e. The molecule has 0 bridgehead atoms. The van der Waals surface area contributed by atoms with Gasteiger partial charge in [-0.15, -0.1) is 0 Å². The lowest BCUT2D eigenvalue weighted by molar-refractivity contribution is 0.340. The zero-order chi connectivity index (χ0) is 12.8. The molecule has 0 aliphatic heterocycles.